The summed E-state index contributed by atoms with van der Waals surface area (Å²) in [4.78, 5) is 27.5. The van der Waals surface area contributed by atoms with E-state index in [0.29, 0.717) is 45.5 Å². The van der Waals surface area contributed by atoms with Crippen molar-refractivity contribution >= 4 is 33.2 Å². The topological polar surface area (TPSA) is 74.8 Å². The van der Waals surface area contributed by atoms with Gasteiger partial charge in [-0.25, -0.2) is 15.0 Å². The fraction of sp³-hybridized carbons (Fsp3) is 0.280. The molecule has 0 radical (unpaired) electrons. The summed E-state index contributed by atoms with van der Waals surface area (Å²) >= 11 is 0. The van der Waals surface area contributed by atoms with E-state index < -0.39 is 6.36 Å². The first kappa shape index (κ1) is 22.8. The molecule has 3 heterocycles. The van der Waals surface area contributed by atoms with Gasteiger partial charge in [0, 0.05) is 12.2 Å². The standard InChI is InChI=1S/C25H22F3N5O2/c1-2-3-4-7-14-32-15-29-22-20(24(32)34)21-23(31-19-9-6-5-8-18(19)30-21)33(22)16-10-12-17(13-11-16)35-25(26,27)28/h5-6,8-13,15H,2-4,7,14H2,1H3. The van der Waals surface area contributed by atoms with Crippen molar-refractivity contribution < 1.29 is 17.9 Å². The molecule has 35 heavy (non-hydrogen) atoms. The Labute approximate surface area is 197 Å². The van der Waals surface area contributed by atoms with Crippen LogP contribution < -0.4 is 10.3 Å². The van der Waals surface area contributed by atoms with Crippen LogP contribution in [-0.4, -0.2) is 30.4 Å². The van der Waals surface area contributed by atoms with Crippen molar-refractivity contribution in [2.45, 2.75) is 45.5 Å². The van der Waals surface area contributed by atoms with Crippen molar-refractivity contribution in [2.75, 3.05) is 0 Å². The smallest absolute Gasteiger partial charge is 0.406 e. The second-order valence-corrected chi connectivity index (χ2v) is 8.26. The number of hydrogen-bond acceptors (Lipinski definition) is 5. The van der Waals surface area contributed by atoms with Crippen LogP contribution in [0.2, 0.25) is 0 Å². The van der Waals surface area contributed by atoms with Gasteiger partial charge in [-0.15, -0.1) is 13.2 Å². The molecule has 0 saturated carbocycles. The monoisotopic (exact) mass is 481 g/mol. The lowest BCUT2D eigenvalue weighted by Gasteiger charge is -2.11. The molecule has 3 aromatic heterocycles. The average molecular weight is 481 g/mol. The number of rotatable bonds is 7. The maximum Gasteiger partial charge on any atom is 0.573 e. The highest BCUT2D eigenvalue weighted by atomic mass is 19.4. The minimum atomic E-state index is -4.79. The van der Waals surface area contributed by atoms with Crippen molar-refractivity contribution in [3.05, 3.63) is 65.2 Å². The number of halogens is 3. The van der Waals surface area contributed by atoms with E-state index >= 15 is 0 Å². The third-order valence-electron chi connectivity index (χ3n) is 5.81. The highest BCUT2D eigenvalue weighted by molar-refractivity contribution is 6.05. The van der Waals surface area contributed by atoms with Gasteiger partial charge in [0.2, 0.25) is 0 Å². The number of ether oxygens (including phenoxy) is 1. The Balaban J connectivity index is 1.71. The molecule has 0 bridgehead atoms. The van der Waals surface area contributed by atoms with E-state index in [1.54, 1.807) is 9.13 Å². The quantitative estimate of drug-likeness (QED) is 0.276. The fourth-order valence-corrected chi connectivity index (χ4v) is 4.18. The first-order chi connectivity index (χ1) is 16.9. The molecule has 0 atom stereocenters. The van der Waals surface area contributed by atoms with E-state index in [2.05, 4.69) is 16.6 Å². The van der Waals surface area contributed by atoms with E-state index in [0.717, 1.165) is 25.7 Å². The lowest BCUT2D eigenvalue weighted by atomic mass is 10.2. The lowest BCUT2D eigenvalue weighted by molar-refractivity contribution is -0.274. The van der Waals surface area contributed by atoms with Crippen LogP contribution in [0.15, 0.2) is 59.7 Å². The number of unbranched alkanes of at least 4 members (excludes halogenated alkanes) is 3. The molecule has 0 aliphatic carbocycles. The lowest BCUT2D eigenvalue weighted by Crippen LogP contribution is -2.20. The van der Waals surface area contributed by atoms with E-state index in [1.807, 2.05) is 24.3 Å². The molecule has 0 N–H and O–H groups in total. The molecule has 0 fully saturated rings. The van der Waals surface area contributed by atoms with Crippen molar-refractivity contribution in [1.82, 2.24) is 24.1 Å². The van der Waals surface area contributed by atoms with Gasteiger partial charge in [-0.05, 0) is 42.8 Å². The van der Waals surface area contributed by atoms with Gasteiger partial charge in [0.25, 0.3) is 5.56 Å². The molecule has 0 unspecified atom stereocenters. The SMILES string of the molecule is CCCCCCn1cnc2c(c1=O)c1nc3ccccc3nc1n2-c1ccc(OC(F)(F)F)cc1. The van der Waals surface area contributed by atoms with Crippen LogP contribution in [0, 0.1) is 0 Å². The third kappa shape index (κ3) is 4.43. The predicted molar refractivity (Wildman–Crippen MR) is 127 cm³/mol. The number of fused-ring (bicyclic) bond motifs is 4. The van der Waals surface area contributed by atoms with E-state index in [4.69, 9.17) is 9.97 Å². The zero-order chi connectivity index (χ0) is 24.6. The van der Waals surface area contributed by atoms with Crippen molar-refractivity contribution in [3.8, 4) is 11.4 Å². The first-order valence-electron chi connectivity index (χ1n) is 11.4. The number of alkyl halides is 3. The Bertz CT molecular complexity index is 1570. The van der Waals surface area contributed by atoms with Gasteiger partial charge in [0.15, 0.2) is 11.3 Å². The summed E-state index contributed by atoms with van der Waals surface area (Å²) in [5.41, 5.74) is 2.65. The first-order valence-corrected chi connectivity index (χ1v) is 11.4. The molecule has 0 aliphatic heterocycles. The summed E-state index contributed by atoms with van der Waals surface area (Å²) in [6.45, 7) is 2.67. The summed E-state index contributed by atoms with van der Waals surface area (Å²) in [6, 6.07) is 12.7. The fourth-order valence-electron chi connectivity index (χ4n) is 4.18. The van der Waals surface area contributed by atoms with Gasteiger partial charge in [0.1, 0.15) is 16.7 Å². The third-order valence-corrected chi connectivity index (χ3v) is 5.81. The Morgan fingerprint density at radius 1 is 0.914 bits per heavy atom. The number of benzene rings is 2. The van der Waals surface area contributed by atoms with Crippen molar-refractivity contribution in [3.63, 3.8) is 0 Å². The van der Waals surface area contributed by atoms with Gasteiger partial charge >= 0.3 is 6.36 Å². The normalized spacial score (nSPS) is 12.1. The van der Waals surface area contributed by atoms with Crippen LogP contribution in [0.25, 0.3) is 38.9 Å². The summed E-state index contributed by atoms with van der Waals surface area (Å²) in [5, 5.41) is 0.326. The zero-order valence-electron chi connectivity index (χ0n) is 18.9. The van der Waals surface area contributed by atoms with E-state index in [1.165, 1.54) is 30.6 Å². The van der Waals surface area contributed by atoms with Gasteiger partial charge in [-0.3, -0.25) is 13.9 Å². The summed E-state index contributed by atoms with van der Waals surface area (Å²) in [5.74, 6) is -0.346. The molecule has 5 aromatic rings. The maximum atomic E-state index is 13.5. The maximum absolute atomic E-state index is 13.5. The second-order valence-electron chi connectivity index (χ2n) is 8.26. The second kappa shape index (κ2) is 9.01. The van der Waals surface area contributed by atoms with Crippen LogP contribution in [0.5, 0.6) is 5.75 Å². The number of para-hydroxylation sites is 2. The Kier molecular flexibility index (Phi) is 5.88. The van der Waals surface area contributed by atoms with Gasteiger partial charge < -0.3 is 4.74 Å². The van der Waals surface area contributed by atoms with Crippen molar-refractivity contribution in [2.24, 2.45) is 0 Å². The number of aromatic nitrogens is 5. The minimum absolute atomic E-state index is 0.225. The molecule has 0 spiro atoms. The number of aryl methyl sites for hydroxylation is 1. The van der Waals surface area contributed by atoms with Gasteiger partial charge in [-0.1, -0.05) is 38.3 Å². The number of nitrogens with zero attached hydrogens (tertiary/aromatic N) is 5. The van der Waals surface area contributed by atoms with Crippen LogP contribution in [0.1, 0.15) is 32.6 Å². The highest BCUT2D eigenvalue weighted by Crippen LogP contribution is 2.30. The highest BCUT2D eigenvalue weighted by Gasteiger charge is 2.31. The molecule has 0 aliphatic rings. The molecule has 10 heteroatoms. The summed E-state index contributed by atoms with van der Waals surface area (Å²) < 4.78 is 45.0. The van der Waals surface area contributed by atoms with Crippen LogP contribution in [0.4, 0.5) is 13.2 Å². The van der Waals surface area contributed by atoms with Crippen molar-refractivity contribution in [1.29, 1.82) is 0 Å². The molecular formula is C25H22F3N5O2. The molecule has 5 rings (SSSR count). The van der Waals surface area contributed by atoms with Gasteiger partial charge in [-0.2, -0.15) is 0 Å². The molecule has 0 amide bonds. The Morgan fingerprint density at radius 3 is 2.31 bits per heavy atom. The summed E-state index contributed by atoms with van der Waals surface area (Å²) in [7, 11) is 0. The van der Waals surface area contributed by atoms with Crippen LogP contribution in [0.3, 0.4) is 0 Å². The number of hydrogen-bond donors (Lipinski definition) is 0. The van der Waals surface area contributed by atoms with E-state index in [9.17, 15) is 18.0 Å². The molecule has 2 aromatic carbocycles. The largest absolute Gasteiger partial charge is 0.573 e. The average Bonchev–Trinajstić information content (AvgIpc) is 3.15. The minimum Gasteiger partial charge on any atom is -0.406 e. The summed E-state index contributed by atoms with van der Waals surface area (Å²) in [6.07, 6.45) is 0.772. The van der Waals surface area contributed by atoms with Crippen LogP contribution in [-0.2, 0) is 6.54 Å². The zero-order valence-corrected chi connectivity index (χ0v) is 18.9. The molecule has 180 valence electrons. The molecular weight excluding hydrogens is 459 g/mol. The van der Waals surface area contributed by atoms with E-state index in [-0.39, 0.29) is 11.3 Å². The van der Waals surface area contributed by atoms with Gasteiger partial charge in [0.05, 0.1) is 17.4 Å². The molecule has 0 saturated heterocycles. The Hall–Kier alpha value is -3.95. The van der Waals surface area contributed by atoms with Crippen LogP contribution >= 0.6 is 0 Å². The molecule has 7 nitrogen and oxygen atoms in total. The predicted octanol–water partition coefficient (Wildman–Crippen LogP) is 5.76. The Morgan fingerprint density at radius 2 is 1.63 bits per heavy atom.